The maximum Gasteiger partial charge on any atom is 0.417 e. The first-order chi connectivity index (χ1) is 13.3. The molecular weight excluding hydrogens is 407 g/mol. The summed E-state index contributed by atoms with van der Waals surface area (Å²) in [5, 5.41) is 10.3. The number of aromatic nitrogens is 3. The molecule has 10 heteroatoms. The lowest BCUT2D eigenvalue weighted by atomic mass is 10.0. The van der Waals surface area contributed by atoms with Crippen LogP contribution in [0.2, 0.25) is 0 Å². The van der Waals surface area contributed by atoms with Gasteiger partial charge in [0, 0.05) is 19.3 Å². The fourth-order valence-electron chi connectivity index (χ4n) is 3.07. The summed E-state index contributed by atoms with van der Waals surface area (Å²) in [7, 11) is 0. The van der Waals surface area contributed by atoms with Crippen molar-refractivity contribution in [3.63, 3.8) is 0 Å². The second-order valence-electron chi connectivity index (χ2n) is 6.91. The lowest BCUT2D eigenvalue weighted by molar-refractivity contribution is -0.137. The molecular formula is C19H23ClF3N5O. The van der Waals surface area contributed by atoms with Crippen LogP contribution in [0.4, 0.5) is 13.2 Å². The van der Waals surface area contributed by atoms with Gasteiger partial charge in [-0.3, -0.25) is 4.79 Å². The van der Waals surface area contributed by atoms with Crippen LogP contribution in [0, 0.1) is 0 Å². The van der Waals surface area contributed by atoms with Crippen LogP contribution in [-0.4, -0.2) is 40.3 Å². The van der Waals surface area contributed by atoms with Crippen LogP contribution < -0.4 is 10.6 Å². The number of alkyl halides is 3. The zero-order valence-corrected chi connectivity index (χ0v) is 16.9. The quantitative estimate of drug-likeness (QED) is 0.714. The standard InChI is InChI=1S/C19H22F3N5O.ClH/c1-12(2)17-15(18(28)25-9-13-5-7-23-8-6-13)11-26-27(17)16-4-3-14(10-24-16)19(20,21)22;/h3-5,10-12,23H,6-9H2,1-2H3,(H,25,28);1H. The normalized spacial score (nSPS) is 14.3. The number of nitrogens with one attached hydrogen (secondary N) is 2. The van der Waals surface area contributed by atoms with E-state index >= 15 is 0 Å². The molecule has 0 aromatic carbocycles. The average molecular weight is 430 g/mol. The van der Waals surface area contributed by atoms with Crippen molar-refractivity contribution in [3.8, 4) is 5.82 Å². The number of hydrogen-bond acceptors (Lipinski definition) is 4. The molecule has 6 nitrogen and oxygen atoms in total. The largest absolute Gasteiger partial charge is 0.417 e. The monoisotopic (exact) mass is 429 g/mol. The zero-order chi connectivity index (χ0) is 20.3. The summed E-state index contributed by atoms with van der Waals surface area (Å²) in [5.41, 5.74) is 1.33. The van der Waals surface area contributed by atoms with Gasteiger partial charge in [0.1, 0.15) is 0 Å². The molecule has 0 aliphatic carbocycles. The van der Waals surface area contributed by atoms with Crippen LogP contribution in [0.1, 0.15) is 47.8 Å². The van der Waals surface area contributed by atoms with Gasteiger partial charge in [-0.05, 0) is 31.0 Å². The van der Waals surface area contributed by atoms with E-state index in [4.69, 9.17) is 0 Å². The molecule has 1 aliphatic heterocycles. The van der Waals surface area contributed by atoms with E-state index in [1.54, 1.807) is 0 Å². The predicted molar refractivity (Wildman–Crippen MR) is 106 cm³/mol. The van der Waals surface area contributed by atoms with E-state index in [-0.39, 0.29) is 30.0 Å². The van der Waals surface area contributed by atoms with E-state index in [1.807, 2.05) is 13.8 Å². The molecule has 29 heavy (non-hydrogen) atoms. The third kappa shape index (κ3) is 5.36. The van der Waals surface area contributed by atoms with Gasteiger partial charge in [-0.25, -0.2) is 9.67 Å². The highest BCUT2D eigenvalue weighted by molar-refractivity contribution is 5.95. The summed E-state index contributed by atoms with van der Waals surface area (Å²) >= 11 is 0. The molecule has 0 bridgehead atoms. The number of amides is 1. The topological polar surface area (TPSA) is 71.8 Å². The molecule has 1 amide bonds. The first-order valence-electron chi connectivity index (χ1n) is 9.05. The molecule has 0 spiro atoms. The summed E-state index contributed by atoms with van der Waals surface area (Å²) in [6.07, 6.45) is 0.685. The summed E-state index contributed by atoms with van der Waals surface area (Å²) in [6, 6.07) is 2.21. The Bertz CT molecular complexity index is 875. The molecule has 0 fully saturated rings. The van der Waals surface area contributed by atoms with E-state index < -0.39 is 11.7 Å². The maximum absolute atomic E-state index is 12.8. The number of carbonyl (C=O) groups is 1. The number of rotatable bonds is 5. The minimum atomic E-state index is -4.45. The smallest absolute Gasteiger partial charge is 0.348 e. The molecule has 0 saturated heterocycles. The van der Waals surface area contributed by atoms with E-state index in [0.717, 1.165) is 37.3 Å². The summed E-state index contributed by atoms with van der Waals surface area (Å²) in [6.45, 7) is 5.92. The van der Waals surface area contributed by atoms with Gasteiger partial charge in [0.2, 0.25) is 0 Å². The number of nitrogens with zero attached hydrogens (tertiary/aromatic N) is 3. The van der Waals surface area contributed by atoms with Crippen molar-refractivity contribution in [1.29, 1.82) is 0 Å². The molecule has 158 valence electrons. The summed E-state index contributed by atoms with van der Waals surface area (Å²) < 4.78 is 39.7. The minimum Gasteiger partial charge on any atom is -0.348 e. The van der Waals surface area contributed by atoms with Crippen molar-refractivity contribution < 1.29 is 18.0 Å². The van der Waals surface area contributed by atoms with E-state index in [2.05, 4.69) is 26.8 Å². The van der Waals surface area contributed by atoms with Crippen molar-refractivity contribution in [2.45, 2.75) is 32.4 Å². The van der Waals surface area contributed by atoms with Gasteiger partial charge < -0.3 is 10.6 Å². The van der Waals surface area contributed by atoms with Crippen molar-refractivity contribution >= 4 is 18.3 Å². The SMILES string of the molecule is CC(C)c1c(C(=O)NCC2=CCNCC2)cnn1-c1ccc(C(F)(F)F)cn1.Cl. The van der Waals surface area contributed by atoms with Crippen LogP contribution in [0.5, 0.6) is 0 Å². The van der Waals surface area contributed by atoms with Crippen molar-refractivity contribution in [3.05, 3.63) is 53.0 Å². The van der Waals surface area contributed by atoms with Gasteiger partial charge in [0.05, 0.1) is 23.0 Å². The highest BCUT2D eigenvalue weighted by atomic mass is 35.5. The summed E-state index contributed by atoms with van der Waals surface area (Å²) in [4.78, 5) is 16.5. The van der Waals surface area contributed by atoms with E-state index in [1.165, 1.54) is 16.9 Å². The Balaban J connectivity index is 0.00000300. The Kier molecular flexibility index (Phi) is 7.43. The second-order valence-corrected chi connectivity index (χ2v) is 6.91. The molecule has 2 aromatic rings. The molecule has 1 aliphatic rings. The van der Waals surface area contributed by atoms with Crippen LogP contribution >= 0.6 is 12.4 Å². The molecule has 0 unspecified atom stereocenters. The van der Waals surface area contributed by atoms with Crippen LogP contribution in [0.3, 0.4) is 0 Å². The van der Waals surface area contributed by atoms with Crippen molar-refractivity contribution in [2.75, 3.05) is 19.6 Å². The van der Waals surface area contributed by atoms with Crippen molar-refractivity contribution in [2.24, 2.45) is 0 Å². The first-order valence-corrected chi connectivity index (χ1v) is 9.05. The van der Waals surface area contributed by atoms with Gasteiger partial charge >= 0.3 is 6.18 Å². The van der Waals surface area contributed by atoms with Crippen LogP contribution in [0.25, 0.3) is 5.82 Å². The molecule has 2 N–H and O–H groups in total. The molecule has 3 heterocycles. The first kappa shape index (κ1) is 22.9. The maximum atomic E-state index is 12.8. The second kappa shape index (κ2) is 9.41. The molecule has 0 atom stereocenters. The Hall–Kier alpha value is -2.39. The zero-order valence-electron chi connectivity index (χ0n) is 16.1. The Morgan fingerprint density at radius 2 is 2.07 bits per heavy atom. The summed E-state index contributed by atoms with van der Waals surface area (Å²) in [5.74, 6) is -0.108. The Labute approximate surface area is 173 Å². The Morgan fingerprint density at radius 1 is 1.31 bits per heavy atom. The van der Waals surface area contributed by atoms with Crippen LogP contribution in [0.15, 0.2) is 36.2 Å². The fraction of sp³-hybridized carbons (Fsp3) is 0.421. The van der Waals surface area contributed by atoms with Gasteiger partial charge in [0.15, 0.2) is 5.82 Å². The average Bonchev–Trinajstić information content (AvgIpc) is 3.12. The van der Waals surface area contributed by atoms with Crippen LogP contribution in [-0.2, 0) is 6.18 Å². The lowest BCUT2D eigenvalue weighted by Gasteiger charge is -2.15. The number of halogens is 4. The fourth-order valence-corrected chi connectivity index (χ4v) is 3.07. The molecule has 3 rings (SSSR count). The number of pyridine rings is 1. The number of hydrogen-bond donors (Lipinski definition) is 2. The molecule has 0 saturated carbocycles. The van der Waals surface area contributed by atoms with Gasteiger partial charge in [-0.15, -0.1) is 12.4 Å². The van der Waals surface area contributed by atoms with Crippen molar-refractivity contribution in [1.82, 2.24) is 25.4 Å². The van der Waals surface area contributed by atoms with Gasteiger partial charge in [-0.2, -0.15) is 18.3 Å². The van der Waals surface area contributed by atoms with Gasteiger partial charge in [0.25, 0.3) is 5.91 Å². The highest BCUT2D eigenvalue weighted by Crippen LogP contribution is 2.29. The van der Waals surface area contributed by atoms with Gasteiger partial charge in [-0.1, -0.05) is 25.5 Å². The third-order valence-electron chi connectivity index (χ3n) is 4.52. The molecule has 0 radical (unpaired) electrons. The predicted octanol–water partition coefficient (Wildman–Crippen LogP) is 3.48. The lowest BCUT2D eigenvalue weighted by Crippen LogP contribution is -2.30. The number of carbonyl (C=O) groups excluding carboxylic acids is 1. The molecule has 2 aromatic heterocycles. The van der Waals surface area contributed by atoms with E-state index in [9.17, 15) is 18.0 Å². The third-order valence-corrected chi connectivity index (χ3v) is 4.52. The highest BCUT2D eigenvalue weighted by Gasteiger charge is 2.31. The minimum absolute atomic E-state index is 0. The van der Waals surface area contributed by atoms with E-state index in [0.29, 0.717) is 17.8 Å². The Morgan fingerprint density at radius 3 is 2.62 bits per heavy atom.